The molecule has 1 fully saturated rings. The van der Waals surface area contributed by atoms with Crippen LogP contribution < -0.4 is 5.73 Å². The normalized spacial score (nSPS) is 16.5. The summed E-state index contributed by atoms with van der Waals surface area (Å²) in [4.78, 5) is 11.7. The number of anilines is 1. The number of nitrogens with two attached hydrogens (primary N) is 1. The second-order valence-electron chi connectivity index (χ2n) is 6.34. The highest BCUT2D eigenvalue weighted by molar-refractivity contribution is 5.92. The molecule has 0 aliphatic heterocycles. The van der Waals surface area contributed by atoms with Gasteiger partial charge in [0, 0.05) is 17.8 Å². The van der Waals surface area contributed by atoms with E-state index in [0.29, 0.717) is 18.2 Å². The number of aromatic amines is 1. The lowest BCUT2D eigenvalue weighted by Gasteiger charge is -2.21. The van der Waals surface area contributed by atoms with Gasteiger partial charge in [0.1, 0.15) is 12.0 Å². The highest BCUT2D eigenvalue weighted by atomic mass is 15.3. The van der Waals surface area contributed by atoms with Crippen LogP contribution in [0.1, 0.15) is 38.1 Å². The summed E-state index contributed by atoms with van der Waals surface area (Å²) >= 11 is 0. The van der Waals surface area contributed by atoms with E-state index in [1.54, 1.807) is 0 Å². The van der Waals surface area contributed by atoms with Crippen molar-refractivity contribution >= 4 is 16.9 Å². The van der Waals surface area contributed by atoms with Gasteiger partial charge in [-0.25, -0.2) is 9.97 Å². The Balaban J connectivity index is 1.76. The fourth-order valence-corrected chi connectivity index (χ4v) is 3.76. The standard InChI is InChI=1S/C17H19N7/c18-7-5-14(11-3-1-2-4-11)24-9-13(16(19)23-24)15-12-6-8-20-17(12)22-10-21-15/h6,8-11,14H,1-5H2,(H2,19,23)(H,20,21,22)/t14-/m0/s1. The zero-order valence-corrected chi connectivity index (χ0v) is 13.3. The van der Waals surface area contributed by atoms with Crippen molar-refractivity contribution in [2.24, 2.45) is 5.92 Å². The van der Waals surface area contributed by atoms with Gasteiger partial charge in [-0.3, -0.25) is 4.68 Å². The summed E-state index contributed by atoms with van der Waals surface area (Å²) in [6.45, 7) is 0. The summed E-state index contributed by atoms with van der Waals surface area (Å²) in [6, 6.07) is 4.32. The van der Waals surface area contributed by atoms with Crippen LogP contribution >= 0.6 is 0 Å². The molecule has 1 saturated carbocycles. The molecule has 0 spiro atoms. The first-order valence-corrected chi connectivity index (χ1v) is 8.28. The number of nitrogens with zero attached hydrogens (tertiary/aromatic N) is 5. The third kappa shape index (κ3) is 2.40. The maximum atomic E-state index is 9.22. The molecule has 3 N–H and O–H groups in total. The van der Waals surface area contributed by atoms with E-state index < -0.39 is 0 Å². The Kier molecular flexibility index (Phi) is 3.65. The molecule has 24 heavy (non-hydrogen) atoms. The number of nitrogens with one attached hydrogen (secondary N) is 1. The number of nitrogen functional groups attached to an aromatic ring is 1. The predicted octanol–water partition coefficient (Wildman–Crippen LogP) is 3.05. The summed E-state index contributed by atoms with van der Waals surface area (Å²) < 4.78 is 1.88. The van der Waals surface area contributed by atoms with Crippen molar-refractivity contribution in [3.05, 3.63) is 24.8 Å². The van der Waals surface area contributed by atoms with Gasteiger partial charge in [-0.05, 0) is 24.8 Å². The fourth-order valence-electron chi connectivity index (χ4n) is 3.76. The van der Waals surface area contributed by atoms with E-state index in [0.717, 1.165) is 35.1 Å². The highest BCUT2D eigenvalue weighted by Gasteiger charge is 2.28. The van der Waals surface area contributed by atoms with E-state index in [2.05, 4.69) is 26.1 Å². The SMILES string of the molecule is N#CC[C@@H](C1CCCC1)n1cc(-c2ncnc3[nH]ccc23)c(N)n1. The van der Waals surface area contributed by atoms with Crippen molar-refractivity contribution in [1.29, 1.82) is 5.26 Å². The van der Waals surface area contributed by atoms with E-state index in [9.17, 15) is 5.26 Å². The molecule has 1 aliphatic carbocycles. The molecule has 122 valence electrons. The fraction of sp³-hybridized carbons (Fsp3) is 0.412. The Hall–Kier alpha value is -2.88. The summed E-state index contributed by atoms with van der Waals surface area (Å²) in [7, 11) is 0. The van der Waals surface area contributed by atoms with Gasteiger partial charge in [0.15, 0.2) is 5.82 Å². The van der Waals surface area contributed by atoms with Crippen molar-refractivity contribution in [3.63, 3.8) is 0 Å². The minimum Gasteiger partial charge on any atom is -0.382 e. The second kappa shape index (κ2) is 5.96. The minimum atomic E-state index is 0.0807. The lowest BCUT2D eigenvalue weighted by Crippen LogP contribution is -2.17. The molecule has 7 heteroatoms. The van der Waals surface area contributed by atoms with Gasteiger partial charge in [0.2, 0.25) is 0 Å². The van der Waals surface area contributed by atoms with Crippen molar-refractivity contribution in [2.75, 3.05) is 5.73 Å². The maximum Gasteiger partial charge on any atom is 0.154 e. The van der Waals surface area contributed by atoms with Crippen LogP contribution in [-0.2, 0) is 0 Å². The Labute approximate surface area is 139 Å². The number of nitriles is 1. The minimum absolute atomic E-state index is 0.0807. The molecule has 3 heterocycles. The maximum absolute atomic E-state index is 9.22. The zero-order chi connectivity index (χ0) is 16.5. The Morgan fingerprint density at radius 3 is 3.00 bits per heavy atom. The topological polar surface area (TPSA) is 109 Å². The van der Waals surface area contributed by atoms with E-state index in [-0.39, 0.29) is 6.04 Å². The lowest BCUT2D eigenvalue weighted by atomic mass is 9.96. The van der Waals surface area contributed by atoms with Crippen LogP contribution in [0.5, 0.6) is 0 Å². The van der Waals surface area contributed by atoms with Gasteiger partial charge in [0.25, 0.3) is 0 Å². The largest absolute Gasteiger partial charge is 0.382 e. The molecule has 0 unspecified atom stereocenters. The zero-order valence-electron chi connectivity index (χ0n) is 13.3. The molecule has 0 aromatic carbocycles. The molecule has 0 bridgehead atoms. The first kappa shape index (κ1) is 14.7. The highest BCUT2D eigenvalue weighted by Crippen LogP contribution is 2.37. The molecule has 3 aromatic heterocycles. The van der Waals surface area contributed by atoms with Crippen LogP contribution in [0.15, 0.2) is 24.8 Å². The molecular weight excluding hydrogens is 302 g/mol. The molecule has 7 nitrogen and oxygen atoms in total. The Morgan fingerprint density at radius 2 is 2.21 bits per heavy atom. The number of H-pyrrole nitrogens is 1. The molecular formula is C17H19N7. The van der Waals surface area contributed by atoms with E-state index >= 15 is 0 Å². The van der Waals surface area contributed by atoms with Gasteiger partial charge in [-0.15, -0.1) is 0 Å². The van der Waals surface area contributed by atoms with E-state index in [4.69, 9.17) is 5.73 Å². The van der Waals surface area contributed by atoms with Gasteiger partial charge >= 0.3 is 0 Å². The molecule has 1 aliphatic rings. The Bertz CT molecular complexity index is 895. The van der Waals surface area contributed by atoms with Gasteiger partial charge in [-0.2, -0.15) is 10.4 Å². The number of rotatable bonds is 4. The smallest absolute Gasteiger partial charge is 0.154 e. The summed E-state index contributed by atoms with van der Waals surface area (Å²) in [6.07, 6.45) is 10.5. The van der Waals surface area contributed by atoms with Gasteiger partial charge in [-0.1, -0.05) is 12.8 Å². The van der Waals surface area contributed by atoms with Gasteiger partial charge in [0.05, 0.1) is 29.8 Å². The number of aromatic nitrogens is 5. The van der Waals surface area contributed by atoms with Crippen LogP contribution in [0.25, 0.3) is 22.3 Å². The summed E-state index contributed by atoms with van der Waals surface area (Å²) in [5, 5.41) is 14.7. The van der Waals surface area contributed by atoms with E-state index in [1.807, 2.05) is 23.1 Å². The average molecular weight is 321 g/mol. The summed E-state index contributed by atoms with van der Waals surface area (Å²) in [5.74, 6) is 0.937. The van der Waals surface area contributed by atoms with Crippen LogP contribution in [0, 0.1) is 17.2 Å². The van der Waals surface area contributed by atoms with Crippen LogP contribution in [0.2, 0.25) is 0 Å². The third-order valence-corrected chi connectivity index (χ3v) is 4.95. The third-order valence-electron chi connectivity index (χ3n) is 4.95. The van der Waals surface area contributed by atoms with Crippen molar-refractivity contribution in [2.45, 2.75) is 38.1 Å². The first-order chi connectivity index (χ1) is 11.8. The molecule has 0 amide bonds. The second-order valence-corrected chi connectivity index (χ2v) is 6.34. The number of fused-ring (bicyclic) bond motifs is 1. The van der Waals surface area contributed by atoms with Crippen molar-refractivity contribution in [1.82, 2.24) is 24.7 Å². The molecule has 0 saturated heterocycles. The van der Waals surface area contributed by atoms with Crippen molar-refractivity contribution in [3.8, 4) is 17.3 Å². The molecule has 4 rings (SSSR count). The van der Waals surface area contributed by atoms with Crippen molar-refractivity contribution < 1.29 is 0 Å². The first-order valence-electron chi connectivity index (χ1n) is 8.28. The van der Waals surface area contributed by atoms with E-state index in [1.165, 1.54) is 19.2 Å². The number of hydrogen-bond acceptors (Lipinski definition) is 5. The molecule has 0 radical (unpaired) electrons. The molecule has 1 atom stereocenters. The predicted molar refractivity (Wildman–Crippen MR) is 90.7 cm³/mol. The van der Waals surface area contributed by atoms with Crippen LogP contribution in [0.3, 0.4) is 0 Å². The Morgan fingerprint density at radius 1 is 1.38 bits per heavy atom. The summed E-state index contributed by atoms with van der Waals surface area (Å²) in [5.41, 5.74) is 8.52. The van der Waals surface area contributed by atoms with Crippen LogP contribution in [-0.4, -0.2) is 24.7 Å². The van der Waals surface area contributed by atoms with Crippen LogP contribution in [0.4, 0.5) is 5.82 Å². The number of hydrogen-bond donors (Lipinski definition) is 2. The average Bonchev–Trinajstić information content (AvgIpc) is 3.32. The quantitative estimate of drug-likeness (QED) is 0.767. The monoisotopic (exact) mass is 321 g/mol. The lowest BCUT2D eigenvalue weighted by molar-refractivity contribution is 0.315. The van der Waals surface area contributed by atoms with Gasteiger partial charge < -0.3 is 10.7 Å². The molecule has 3 aromatic rings.